The summed E-state index contributed by atoms with van der Waals surface area (Å²) in [5.41, 5.74) is 0. The molecular weight excluding hydrogens is 181 g/mol. The minimum absolute atomic E-state index is 0.0374. The molecule has 1 N–H and O–H groups in total. The lowest BCUT2D eigenvalue weighted by atomic mass is 10.1. The Kier molecular flexibility index (Phi) is 3.55. The van der Waals surface area contributed by atoms with E-state index in [1.807, 2.05) is 11.9 Å². The zero-order valence-corrected chi connectivity index (χ0v) is 7.69. The van der Waals surface area contributed by atoms with E-state index in [0.717, 1.165) is 13.1 Å². The van der Waals surface area contributed by atoms with E-state index in [1.165, 1.54) is 0 Å². The molecule has 13 heavy (non-hydrogen) atoms. The van der Waals surface area contributed by atoms with Gasteiger partial charge in [-0.1, -0.05) is 0 Å². The maximum Gasteiger partial charge on any atom is 0.389 e. The summed E-state index contributed by atoms with van der Waals surface area (Å²) in [7, 11) is 1.88. The molecule has 1 atom stereocenters. The standard InChI is InChI=1S/C8H15F3N2/c1-13-5-4-12-6-7(13)2-3-8(9,10)11/h7,12H,2-6H2,1H3. The summed E-state index contributed by atoms with van der Waals surface area (Å²) in [6.45, 7) is 2.38. The second kappa shape index (κ2) is 4.28. The first-order valence-corrected chi connectivity index (χ1v) is 4.47. The van der Waals surface area contributed by atoms with Crippen molar-refractivity contribution in [2.24, 2.45) is 0 Å². The highest BCUT2D eigenvalue weighted by Gasteiger charge is 2.29. The molecule has 2 nitrogen and oxygen atoms in total. The van der Waals surface area contributed by atoms with Crippen molar-refractivity contribution in [3.05, 3.63) is 0 Å². The smallest absolute Gasteiger partial charge is 0.314 e. The predicted octanol–water partition coefficient (Wildman–Crippen LogP) is 1.23. The first-order chi connectivity index (χ1) is 5.99. The molecule has 1 heterocycles. The third kappa shape index (κ3) is 3.95. The van der Waals surface area contributed by atoms with Crippen molar-refractivity contribution in [3.63, 3.8) is 0 Å². The Morgan fingerprint density at radius 2 is 2.15 bits per heavy atom. The number of alkyl halides is 3. The maximum atomic E-state index is 11.9. The van der Waals surface area contributed by atoms with Gasteiger partial charge in [-0.25, -0.2) is 0 Å². The van der Waals surface area contributed by atoms with Gasteiger partial charge in [0.05, 0.1) is 0 Å². The number of likely N-dealkylation sites (N-methyl/N-ethyl adjacent to an activating group) is 1. The second-order valence-corrected chi connectivity index (χ2v) is 3.49. The zero-order valence-electron chi connectivity index (χ0n) is 7.69. The van der Waals surface area contributed by atoms with Crippen LogP contribution in [0.4, 0.5) is 13.2 Å². The molecule has 0 amide bonds. The number of halogens is 3. The van der Waals surface area contributed by atoms with Crippen LogP contribution in [0, 0.1) is 0 Å². The van der Waals surface area contributed by atoms with Crippen molar-refractivity contribution in [2.75, 3.05) is 26.7 Å². The summed E-state index contributed by atoms with van der Waals surface area (Å²) in [5, 5.41) is 3.09. The van der Waals surface area contributed by atoms with Crippen molar-refractivity contribution in [1.29, 1.82) is 0 Å². The van der Waals surface area contributed by atoms with Crippen molar-refractivity contribution in [2.45, 2.75) is 25.1 Å². The van der Waals surface area contributed by atoms with Gasteiger partial charge in [0.15, 0.2) is 0 Å². The molecule has 5 heteroatoms. The van der Waals surface area contributed by atoms with E-state index >= 15 is 0 Å². The molecule has 0 spiro atoms. The summed E-state index contributed by atoms with van der Waals surface area (Å²) in [6.07, 6.45) is -4.49. The number of hydrogen-bond acceptors (Lipinski definition) is 2. The highest BCUT2D eigenvalue weighted by atomic mass is 19.4. The first-order valence-electron chi connectivity index (χ1n) is 4.47. The van der Waals surface area contributed by atoms with Gasteiger partial charge >= 0.3 is 6.18 Å². The quantitative estimate of drug-likeness (QED) is 0.714. The molecule has 1 aliphatic heterocycles. The Morgan fingerprint density at radius 1 is 1.46 bits per heavy atom. The average molecular weight is 196 g/mol. The van der Waals surface area contributed by atoms with Gasteiger partial charge in [0.2, 0.25) is 0 Å². The van der Waals surface area contributed by atoms with Gasteiger partial charge in [-0.3, -0.25) is 0 Å². The normalized spacial score (nSPS) is 26.3. The molecule has 1 saturated heterocycles. The van der Waals surface area contributed by atoms with Gasteiger partial charge in [0, 0.05) is 32.1 Å². The van der Waals surface area contributed by atoms with E-state index < -0.39 is 12.6 Å². The zero-order chi connectivity index (χ0) is 9.90. The Morgan fingerprint density at radius 3 is 2.69 bits per heavy atom. The fourth-order valence-electron chi connectivity index (χ4n) is 1.52. The SMILES string of the molecule is CN1CCNCC1CCC(F)(F)F. The molecule has 0 aliphatic carbocycles. The highest BCUT2D eigenvalue weighted by Crippen LogP contribution is 2.23. The third-order valence-electron chi connectivity index (χ3n) is 2.41. The van der Waals surface area contributed by atoms with Crippen LogP contribution >= 0.6 is 0 Å². The highest BCUT2D eigenvalue weighted by molar-refractivity contribution is 4.77. The largest absolute Gasteiger partial charge is 0.389 e. The lowest BCUT2D eigenvalue weighted by Crippen LogP contribution is -2.49. The summed E-state index contributed by atoms with van der Waals surface area (Å²) >= 11 is 0. The first kappa shape index (κ1) is 10.8. The number of nitrogens with zero attached hydrogens (tertiary/aromatic N) is 1. The molecule has 1 unspecified atom stereocenters. The van der Waals surface area contributed by atoms with Crippen molar-refractivity contribution in [1.82, 2.24) is 10.2 Å². The lowest BCUT2D eigenvalue weighted by molar-refractivity contribution is -0.138. The Bertz CT molecular complexity index is 158. The van der Waals surface area contributed by atoms with E-state index in [-0.39, 0.29) is 12.5 Å². The van der Waals surface area contributed by atoms with Crippen LogP contribution in [0.5, 0.6) is 0 Å². The fraction of sp³-hybridized carbons (Fsp3) is 1.00. The molecular formula is C8H15F3N2. The minimum atomic E-state index is -4.02. The number of piperazine rings is 1. The summed E-state index contributed by atoms with van der Waals surface area (Å²) in [6, 6.07) is 0.0374. The van der Waals surface area contributed by atoms with E-state index in [1.54, 1.807) is 0 Å². The van der Waals surface area contributed by atoms with Gasteiger partial charge in [0.1, 0.15) is 0 Å². The Hall–Kier alpha value is -0.290. The summed E-state index contributed by atoms with van der Waals surface area (Å²) < 4.78 is 35.7. The number of hydrogen-bond donors (Lipinski definition) is 1. The monoisotopic (exact) mass is 196 g/mol. The molecule has 1 aliphatic rings. The van der Waals surface area contributed by atoms with Gasteiger partial charge < -0.3 is 10.2 Å². The third-order valence-corrected chi connectivity index (χ3v) is 2.41. The van der Waals surface area contributed by atoms with Crippen LogP contribution in [-0.2, 0) is 0 Å². The van der Waals surface area contributed by atoms with Crippen LogP contribution in [0.3, 0.4) is 0 Å². The molecule has 0 aromatic carbocycles. The molecule has 1 fully saturated rings. The number of nitrogens with one attached hydrogen (secondary N) is 1. The molecule has 78 valence electrons. The van der Waals surface area contributed by atoms with Gasteiger partial charge in [-0.2, -0.15) is 13.2 Å². The van der Waals surface area contributed by atoms with Crippen LogP contribution in [0.25, 0.3) is 0 Å². The molecule has 0 saturated carbocycles. The summed E-state index contributed by atoms with van der Waals surface area (Å²) in [5.74, 6) is 0. The second-order valence-electron chi connectivity index (χ2n) is 3.49. The van der Waals surface area contributed by atoms with Gasteiger partial charge in [-0.05, 0) is 13.5 Å². The van der Waals surface area contributed by atoms with E-state index in [2.05, 4.69) is 5.32 Å². The van der Waals surface area contributed by atoms with Crippen molar-refractivity contribution >= 4 is 0 Å². The molecule has 0 aromatic heterocycles. The minimum Gasteiger partial charge on any atom is -0.314 e. The van der Waals surface area contributed by atoms with E-state index in [4.69, 9.17) is 0 Å². The predicted molar refractivity (Wildman–Crippen MR) is 44.6 cm³/mol. The van der Waals surface area contributed by atoms with E-state index in [9.17, 15) is 13.2 Å². The Balaban J connectivity index is 2.27. The number of rotatable bonds is 2. The fourth-order valence-corrected chi connectivity index (χ4v) is 1.52. The average Bonchev–Trinajstić information content (AvgIpc) is 2.01. The van der Waals surface area contributed by atoms with E-state index in [0.29, 0.717) is 6.54 Å². The Labute approximate surface area is 76.1 Å². The lowest BCUT2D eigenvalue weighted by Gasteiger charge is -2.33. The molecule has 0 bridgehead atoms. The van der Waals surface area contributed by atoms with Crippen molar-refractivity contribution < 1.29 is 13.2 Å². The molecule has 1 rings (SSSR count). The van der Waals surface area contributed by atoms with Crippen LogP contribution < -0.4 is 5.32 Å². The maximum absolute atomic E-state index is 11.9. The van der Waals surface area contributed by atoms with Gasteiger partial charge in [0.25, 0.3) is 0 Å². The van der Waals surface area contributed by atoms with Crippen molar-refractivity contribution in [3.8, 4) is 0 Å². The van der Waals surface area contributed by atoms with Crippen LogP contribution in [0.1, 0.15) is 12.8 Å². The summed E-state index contributed by atoms with van der Waals surface area (Å²) in [4.78, 5) is 1.99. The van der Waals surface area contributed by atoms with Crippen LogP contribution in [-0.4, -0.2) is 43.8 Å². The van der Waals surface area contributed by atoms with Gasteiger partial charge in [-0.15, -0.1) is 0 Å². The molecule has 0 radical (unpaired) electrons. The molecule has 0 aromatic rings. The van der Waals surface area contributed by atoms with Crippen LogP contribution in [0.15, 0.2) is 0 Å². The van der Waals surface area contributed by atoms with Crippen LogP contribution in [0.2, 0.25) is 0 Å². The topological polar surface area (TPSA) is 15.3 Å².